The monoisotopic (exact) mass is 358 g/mol. The molecule has 2 rings (SSSR count). The number of rotatable bonds is 2. The van der Waals surface area contributed by atoms with Gasteiger partial charge in [0.2, 0.25) is 0 Å². The Kier molecular flexibility index (Phi) is 6.08. The van der Waals surface area contributed by atoms with Crippen LogP contribution in [0.1, 0.15) is 0 Å². The van der Waals surface area contributed by atoms with Gasteiger partial charge in [-0.1, -0.05) is 45.7 Å². The molecule has 0 unspecified atom stereocenters. The van der Waals surface area contributed by atoms with E-state index in [1.165, 1.54) is 12.1 Å². The van der Waals surface area contributed by atoms with Gasteiger partial charge in [-0.15, -0.1) is 0 Å². The van der Waals surface area contributed by atoms with Gasteiger partial charge in [-0.05, 0) is 12.1 Å². The summed E-state index contributed by atoms with van der Waals surface area (Å²) in [5.74, 6) is 0. The van der Waals surface area contributed by atoms with Crippen LogP contribution >= 0.6 is 27.5 Å². The van der Waals surface area contributed by atoms with E-state index in [2.05, 4.69) is 15.9 Å². The van der Waals surface area contributed by atoms with Gasteiger partial charge >= 0.3 is 0 Å². The molecule has 0 aliphatic rings. The number of benzene rings is 2. The van der Waals surface area contributed by atoms with Gasteiger partial charge in [0.1, 0.15) is 0 Å². The summed E-state index contributed by atoms with van der Waals surface area (Å²) in [6.07, 6.45) is 0. The minimum absolute atomic E-state index is 0.305. The van der Waals surface area contributed by atoms with E-state index >= 15 is 0 Å². The molecule has 20 heavy (non-hydrogen) atoms. The number of nitro groups is 2. The summed E-state index contributed by atoms with van der Waals surface area (Å²) in [5.41, 5.74) is -0.609. The molecule has 0 spiro atoms. The Balaban J connectivity index is 0.000000240. The van der Waals surface area contributed by atoms with Gasteiger partial charge < -0.3 is 0 Å². The smallest absolute Gasteiger partial charge is 0.258 e. The molecular formula is C12H8BrClN2O4. The van der Waals surface area contributed by atoms with E-state index in [9.17, 15) is 20.2 Å². The van der Waals surface area contributed by atoms with Crippen molar-refractivity contribution in [3.05, 3.63) is 78.3 Å². The second kappa shape index (κ2) is 7.56. The van der Waals surface area contributed by atoms with Crippen LogP contribution in [-0.4, -0.2) is 9.85 Å². The SMILES string of the molecule is Clc1ccccc1.O=[N+]([O-])c1cc(Br)cc([N+](=O)[O-])c1. The van der Waals surface area contributed by atoms with Crippen LogP contribution in [0.3, 0.4) is 0 Å². The lowest BCUT2D eigenvalue weighted by molar-refractivity contribution is -0.394. The normalized spacial score (nSPS) is 9.30. The van der Waals surface area contributed by atoms with Gasteiger partial charge in [-0.25, -0.2) is 0 Å². The van der Waals surface area contributed by atoms with E-state index in [1.807, 2.05) is 30.3 Å². The molecule has 0 aromatic heterocycles. The van der Waals surface area contributed by atoms with Gasteiger partial charge in [0.15, 0.2) is 0 Å². The second-order valence-electron chi connectivity index (χ2n) is 3.48. The third kappa shape index (κ3) is 5.33. The van der Waals surface area contributed by atoms with Crippen molar-refractivity contribution in [3.8, 4) is 0 Å². The maximum atomic E-state index is 10.3. The van der Waals surface area contributed by atoms with Crippen molar-refractivity contribution in [3.63, 3.8) is 0 Å². The second-order valence-corrected chi connectivity index (χ2v) is 4.83. The molecule has 8 heteroatoms. The molecule has 2 aromatic rings. The maximum absolute atomic E-state index is 10.3. The number of halogens is 2. The third-order valence-corrected chi connectivity index (χ3v) is 2.73. The zero-order valence-corrected chi connectivity index (χ0v) is 12.2. The predicted molar refractivity (Wildman–Crippen MR) is 78.9 cm³/mol. The first-order chi connectivity index (χ1) is 9.40. The lowest BCUT2D eigenvalue weighted by Gasteiger charge is -1.93. The standard InChI is InChI=1S/C6H3BrN2O4.C6H5Cl/c7-4-1-5(8(10)11)3-6(2-4)9(12)13;7-6-4-2-1-3-5-6/h1-3H;1-5H. The Bertz CT molecular complexity index is 590. The Morgan fingerprint density at radius 3 is 1.65 bits per heavy atom. The average molecular weight is 360 g/mol. The maximum Gasteiger partial charge on any atom is 0.277 e. The van der Waals surface area contributed by atoms with Gasteiger partial charge in [0.25, 0.3) is 11.4 Å². The van der Waals surface area contributed by atoms with Crippen molar-refractivity contribution >= 4 is 38.9 Å². The van der Waals surface area contributed by atoms with Gasteiger partial charge in [-0.2, -0.15) is 0 Å². The summed E-state index contributed by atoms with van der Waals surface area (Å²) in [4.78, 5) is 19.2. The highest BCUT2D eigenvalue weighted by Crippen LogP contribution is 2.25. The zero-order chi connectivity index (χ0) is 15.1. The summed E-state index contributed by atoms with van der Waals surface area (Å²) in [7, 11) is 0. The van der Waals surface area contributed by atoms with E-state index < -0.39 is 9.85 Å². The number of hydrogen-bond acceptors (Lipinski definition) is 4. The van der Waals surface area contributed by atoms with Crippen molar-refractivity contribution in [2.45, 2.75) is 0 Å². The first-order valence-corrected chi connectivity index (χ1v) is 6.37. The number of nitro benzene ring substituents is 2. The molecule has 6 nitrogen and oxygen atoms in total. The van der Waals surface area contributed by atoms with E-state index in [1.54, 1.807) is 0 Å². The topological polar surface area (TPSA) is 86.3 Å². The molecule has 0 fully saturated rings. The van der Waals surface area contributed by atoms with Crippen LogP contribution < -0.4 is 0 Å². The molecule has 0 atom stereocenters. The Morgan fingerprint density at radius 2 is 1.35 bits per heavy atom. The quantitative estimate of drug-likeness (QED) is 0.579. The Morgan fingerprint density at radius 1 is 0.900 bits per heavy atom. The first kappa shape index (κ1) is 16.1. The van der Waals surface area contributed by atoms with Crippen molar-refractivity contribution < 1.29 is 9.85 Å². The molecule has 0 saturated carbocycles. The molecule has 2 aromatic carbocycles. The number of hydrogen-bond donors (Lipinski definition) is 0. The summed E-state index contributed by atoms with van der Waals surface area (Å²) >= 11 is 8.48. The van der Waals surface area contributed by atoms with E-state index in [-0.39, 0.29) is 11.4 Å². The molecule has 0 amide bonds. The van der Waals surface area contributed by atoms with Crippen molar-refractivity contribution in [1.29, 1.82) is 0 Å². The average Bonchev–Trinajstić information content (AvgIpc) is 2.39. The Hall–Kier alpha value is -1.99. The minimum Gasteiger partial charge on any atom is -0.258 e. The van der Waals surface area contributed by atoms with Crippen LogP contribution in [-0.2, 0) is 0 Å². The minimum atomic E-state index is -0.683. The van der Waals surface area contributed by atoms with Crippen LogP contribution in [0, 0.1) is 20.2 Å². The lowest BCUT2D eigenvalue weighted by Crippen LogP contribution is -1.92. The van der Waals surface area contributed by atoms with Crippen molar-refractivity contribution in [1.82, 2.24) is 0 Å². The van der Waals surface area contributed by atoms with Crippen LogP contribution in [0.4, 0.5) is 11.4 Å². The van der Waals surface area contributed by atoms with Gasteiger partial charge in [-0.3, -0.25) is 20.2 Å². The summed E-state index contributed by atoms with van der Waals surface area (Å²) in [5, 5.41) is 21.4. The molecule has 0 saturated heterocycles. The molecule has 0 radical (unpaired) electrons. The summed E-state index contributed by atoms with van der Waals surface area (Å²) < 4.78 is 0.313. The van der Waals surface area contributed by atoms with Crippen LogP contribution in [0.2, 0.25) is 5.02 Å². The molecule has 0 bridgehead atoms. The fourth-order valence-corrected chi connectivity index (χ4v) is 1.80. The van der Waals surface area contributed by atoms with Crippen molar-refractivity contribution in [2.75, 3.05) is 0 Å². The predicted octanol–water partition coefficient (Wildman–Crippen LogP) is 4.61. The largest absolute Gasteiger partial charge is 0.277 e. The molecule has 0 aliphatic carbocycles. The molecule has 0 aliphatic heterocycles. The third-order valence-electron chi connectivity index (χ3n) is 2.02. The van der Waals surface area contributed by atoms with Gasteiger partial charge in [0.05, 0.1) is 15.9 Å². The van der Waals surface area contributed by atoms with Gasteiger partial charge in [0, 0.05) is 21.6 Å². The van der Waals surface area contributed by atoms with Crippen LogP contribution in [0.15, 0.2) is 53.0 Å². The summed E-state index contributed by atoms with van der Waals surface area (Å²) in [6.45, 7) is 0. The zero-order valence-electron chi connectivity index (χ0n) is 9.90. The van der Waals surface area contributed by atoms with E-state index in [0.717, 1.165) is 11.1 Å². The highest BCUT2D eigenvalue weighted by molar-refractivity contribution is 9.10. The molecular weight excluding hydrogens is 351 g/mol. The fraction of sp³-hybridized carbons (Fsp3) is 0. The fourth-order valence-electron chi connectivity index (χ4n) is 1.18. The van der Waals surface area contributed by atoms with Crippen LogP contribution in [0.5, 0.6) is 0 Å². The summed E-state index contributed by atoms with van der Waals surface area (Å²) in [6, 6.07) is 12.8. The molecule has 0 N–H and O–H groups in total. The Labute approximate surface area is 127 Å². The van der Waals surface area contributed by atoms with Crippen LogP contribution in [0.25, 0.3) is 0 Å². The lowest BCUT2D eigenvalue weighted by atomic mass is 10.3. The molecule has 104 valence electrons. The highest BCUT2D eigenvalue weighted by atomic mass is 79.9. The number of nitrogens with zero attached hydrogens (tertiary/aromatic N) is 2. The first-order valence-electron chi connectivity index (χ1n) is 5.20. The van der Waals surface area contributed by atoms with E-state index in [4.69, 9.17) is 11.6 Å². The highest BCUT2D eigenvalue weighted by Gasteiger charge is 2.14. The van der Waals surface area contributed by atoms with E-state index in [0.29, 0.717) is 4.47 Å². The van der Waals surface area contributed by atoms with Crippen molar-refractivity contribution in [2.24, 2.45) is 0 Å². The number of non-ortho nitro benzene ring substituents is 2. The molecule has 0 heterocycles.